The van der Waals surface area contributed by atoms with E-state index in [0.717, 1.165) is 0 Å². The number of ether oxygens (including phenoxy) is 1. The number of esters is 1. The van der Waals surface area contributed by atoms with Crippen LogP contribution in [0, 0.1) is 13.8 Å². The van der Waals surface area contributed by atoms with Gasteiger partial charge >= 0.3 is 5.97 Å². The first-order valence-electron chi connectivity index (χ1n) is 6.63. The van der Waals surface area contributed by atoms with Crippen molar-refractivity contribution in [1.29, 1.82) is 0 Å². The van der Waals surface area contributed by atoms with Gasteiger partial charge in [-0.3, -0.25) is 0 Å². The number of H-pyrrole nitrogens is 1. The van der Waals surface area contributed by atoms with Gasteiger partial charge in [-0.1, -0.05) is 6.92 Å². The molecule has 6 nitrogen and oxygen atoms in total. The maximum atomic E-state index is 12.4. The topological polar surface area (TPSA) is 88.3 Å². The molecular formula is C13H22N2O4S. The Bertz CT molecular complexity index is 590. The molecule has 0 aromatic carbocycles. The van der Waals surface area contributed by atoms with Crippen LogP contribution >= 0.6 is 0 Å². The largest absolute Gasteiger partial charge is 0.462 e. The Balaban J connectivity index is 3.34. The van der Waals surface area contributed by atoms with E-state index in [1.807, 2.05) is 6.92 Å². The first-order valence-corrected chi connectivity index (χ1v) is 8.11. The van der Waals surface area contributed by atoms with E-state index < -0.39 is 16.0 Å². The highest BCUT2D eigenvalue weighted by Gasteiger charge is 2.30. The fraction of sp³-hybridized carbons (Fsp3) is 0.615. The Labute approximate surface area is 120 Å². The standard InChI is InChI=1S/C13H22N2O4S/c1-6-8(3)15-20(17,18)12-10(5)14-9(4)11(12)13(16)19-7-2/h8,14-15H,6-7H2,1-5H3. The van der Waals surface area contributed by atoms with Crippen molar-refractivity contribution < 1.29 is 17.9 Å². The molecule has 0 saturated carbocycles. The normalized spacial score (nSPS) is 13.2. The average Bonchev–Trinajstić information content (AvgIpc) is 2.64. The second kappa shape index (κ2) is 6.41. The van der Waals surface area contributed by atoms with Crippen molar-refractivity contribution in [3.05, 3.63) is 17.0 Å². The number of carbonyl (C=O) groups is 1. The molecule has 1 unspecified atom stereocenters. The number of hydrogen-bond donors (Lipinski definition) is 2. The predicted molar refractivity (Wildman–Crippen MR) is 76.3 cm³/mol. The number of rotatable bonds is 6. The number of carbonyl (C=O) groups excluding carboxylic acids is 1. The number of aryl methyl sites for hydroxylation is 2. The SMILES string of the molecule is CCOC(=O)c1c(C)[nH]c(C)c1S(=O)(=O)NC(C)CC. The molecule has 0 radical (unpaired) electrons. The maximum Gasteiger partial charge on any atom is 0.341 e. The molecule has 20 heavy (non-hydrogen) atoms. The molecule has 0 bridgehead atoms. The molecule has 1 rings (SSSR count). The van der Waals surface area contributed by atoms with Crippen molar-refractivity contribution in [2.75, 3.05) is 6.61 Å². The van der Waals surface area contributed by atoms with Crippen molar-refractivity contribution in [1.82, 2.24) is 9.71 Å². The van der Waals surface area contributed by atoms with Gasteiger partial charge in [0.1, 0.15) is 10.5 Å². The Morgan fingerprint density at radius 2 is 1.90 bits per heavy atom. The van der Waals surface area contributed by atoms with Gasteiger partial charge in [0.2, 0.25) is 10.0 Å². The second-order valence-corrected chi connectivity index (χ2v) is 6.38. The molecule has 0 aliphatic rings. The van der Waals surface area contributed by atoms with E-state index in [9.17, 15) is 13.2 Å². The average molecular weight is 302 g/mol. The van der Waals surface area contributed by atoms with Crippen LogP contribution in [0.1, 0.15) is 48.9 Å². The zero-order valence-corrected chi connectivity index (χ0v) is 13.3. The molecule has 1 heterocycles. The molecule has 1 aromatic rings. The third-order valence-corrected chi connectivity index (χ3v) is 4.80. The Morgan fingerprint density at radius 3 is 2.40 bits per heavy atom. The molecule has 0 saturated heterocycles. The third kappa shape index (κ3) is 3.40. The fourth-order valence-corrected chi connectivity index (χ4v) is 3.72. The van der Waals surface area contributed by atoms with Gasteiger partial charge < -0.3 is 9.72 Å². The van der Waals surface area contributed by atoms with E-state index >= 15 is 0 Å². The Kier molecular flexibility index (Phi) is 5.35. The van der Waals surface area contributed by atoms with Gasteiger partial charge in [-0.2, -0.15) is 0 Å². The zero-order valence-electron chi connectivity index (χ0n) is 12.5. The molecular weight excluding hydrogens is 280 g/mol. The molecule has 7 heteroatoms. The van der Waals surface area contributed by atoms with Crippen LogP contribution in [0.5, 0.6) is 0 Å². The summed E-state index contributed by atoms with van der Waals surface area (Å²) in [6.07, 6.45) is 0.663. The molecule has 114 valence electrons. The van der Waals surface area contributed by atoms with Crippen molar-refractivity contribution in [3.8, 4) is 0 Å². The lowest BCUT2D eigenvalue weighted by atomic mass is 10.2. The molecule has 1 atom stereocenters. The van der Waals surface area contributed by atoms with Gasteiger partial charge in [0, 0.05) is 17.4 Å². The number of hydrogen-bond acceptors (Lipinski definition) is 4. The Hall–Kier alpha value is -1.34. The van der Waals surface area contributed by atoms with E-state index in [-0.39, 0.29) is 23.1 Å². The monoisotopic (exact) mass is 302 g/mol. The van der Waals surface area contributed by atoms with Crippen LogP contribution in [0.4, 0.5) is 0 Å². The number of sulfonamides is 1. The molecule has 0 aliphatic carbocycles. The molecule has 1 aromatic heterocycles. The van der Waals surface area contributed by atoms with Gasteiger partial charge in [0.05, 0.1) is 6.61 Å². The van der Waals surface area contributed by atoms with Crippen LogP contribution in [0.3, 0.4) is 0 Å². The molecule has 0 aliphatic heterocycles. The smallest absolute Gasteiger partial charge is 0.341 e. The van der Waals surface area contributed by atoms with Gasteiger partial charge in [-0.15, -0.1) is 0 Å². The van der Waals surface area contributed by atoms with E-state index in [1.165, 1.54) is 0 Å². The van der Waals surface area contributed by atoms with Crippen LogP contribution < -0.4 is 4.72 Å². The Morgan fingerprint density at radius 1 is 1.30 bits per heavy atom. The lowest BCUT2D eigenvalue weighted by Crippen LogP contribution is -2.33. The van der Waals surface area contributed by atoms with Crippen molar-refractivity contribution in [2.24, 2.45) is 0 Å². The summed E-state index contributed by atoms with van der Waals surface area (Å²) in [5, 5.41) is 0. The molecule has 0 fully saturated rings. The van der Waals surface area contributed by atoms with Crippen molar-refractivity contribution >= 4 is 16.0 Å². The molecule has 0 spiro atoms. The first-order chi connectivity index (χ1) is 9.24. The maximum absolute atomic E-state index is 12.4. The van der Waals surface area contributed by atoms with Crippen LogP contribution in [0.15, 0.2) is 4.90 Å². The van der Waals surface area contributed by atoms with Crippen molar-refractivity contribution in [2.45, 2.75) is 52.0 Å². The molecule has 0 amide bonds. The quantitative estimate of drug-likeness (QED) is 0.785. The summed E-state index contributed by atoms with van der Waals surface area (Å²) in [6.45, 7) is 8.81. The fourth-order valence-electron chi connectivity index (χ4n) is 1.95. The highest BCUT2D eigenvalue weighted by Crippen LogP contribution is 2.24. The van der Waals surface area contributed by atoms with E-state index in [1.54, 1.807) is 27.7 Å². The molecule has 2 N–H and O–H groups in total. The summed E-state index contributed by atoms with van der Waals surface area (Å²) >= 11 is 0. The van der Waals surface area contributed by atoms with Crippen LogP contribution in [0.25, 0.3) is 0 Å². The van der Waals surface area contributed by atoms with E-state index in [2.05, 4.69) is 9.71 Å². The minimum Gasteiger partial charge on any atom is -0.462 e. The zero-order chi connectivity index (χ0) is 15.5. The lowest BCUT2D eigenvalue weighted by molar-refractivity contribution is 0.0521. The van der Waals surface area contributed by atoms with Crippen LogP contribution in [-0.2, 0) is 14.8 Å². The number of nitrogens with one attached hydrogen (secondary N) is 2. The van der Waals surface area contributed by atoms with Crippen LogP contribution in [-0.4, -0.2) is 32.0 Å². The summed E-state index contributed by atoms with van der Waals surface area (Å²) in [7, 11) is -3.76. The summed E-state index contributed by atoms with van der Waals surface area (Å²) in [6, 6.07) is -0.204. The van der Waals surface area contributed by atoms with E-state index in [4.69, 9.17) is 4.74 Å². The lowest BCUT2D eigenvalue weighted by Gasteiger charge is -2.13. The minimum atomic E-state index is -3.76. The summed E-state index contributed by atoms with van der Waals surface area (Å²) in [5.41, 5.74) is 1.01. The highest BCUT2D eigenvalue weighted by atomic mass is 32.2. The number of aromatic amines is 1. The van der Waals surface area contributed by atoms with Gasteiger partial charge in [-0.25, -0.2) is 17.9 Å². The van der Waals surface area contributed by atoms with Crippen LogP contribution in [0.2, 0.25) is 0 Å². The number of aromatic nitrogens is 1. The van der Waals surface area contributed by atoms with Gasteiger partial charge in [0.15, 0.2) is 0 Å². The third-order valence-electron chi connectivity index (χ3n) is 3.03. The predicted octanol–water partition coefficient (Wildman–Crippen LogP) is 1.89. The minimum absolute atomic E-state index is 0.0197. The van der Waals surface area contributed by atoms with E-state index in [0.29, 0.717) is 17.8 Å². The first kappa shape index (κ1) is 16.7. The summed E-state index contributed by atoms with van der Waals surface area (Å²) in [4.78, 5) is 14.8. The summed E-state index contributed by atoms with van der Waals surface area (Å²) < 4.78 is 32.3. The van der Waals surface area contributed by atoms with Gasteiger partial charge in [0.25, 0.3) is 0 Å². The van der Waals surface area contributed by atoms with Gasteiger partial charge in [-0.05, 0) is 34.1 Å². The van der Waals surface area contributed by atoms with Crippen molar-refractivity contribution in [3.63, 3.8) is 0 Å². The second-order valence-electron chi connectivity index (χ2n) is 4.73. The summed E-state index contributed by atoms with van der Waals surface area (Å²) in [5.74, 6) is -0.626. The highest BCUT2D eigenvalue weighted by molar-refractivity contribution is 7.89.